The highest BCUT2D eigenvalue weighted by atomic mass is 19.1. The molecule has 0 amide bonds. The Morgan fingerprint density at radius 3 is 2.37 bits per heavy atom. The van der Waals surface area contributed by atoms with Crippen LogP contribution in [-0.2, 0) is 0 Å². The average molecular weight is 262 g/mol. The van der Waals surface area contributed by atoms with Crippen LogP contribution in [0.4, 0.5) is 8.78 Å². The summed E-state index contributed by atoms with van der Waals surface area (Å²) in [4.78, 5) is 0. The summed E-state index contributed by atoms with van der Waals surface area (Å²) in [6.07, 6.45) is 0. The molecular weight excluding hydrogens is 246 g/mol. The Kier molecular flexibility index (Phi) is 3.93. The molecule has 0 fully saturated rings. The Morgan fingerprint density at radius 2 is 1.74 bits per heavy atom. The third-order valence-electron chi connectivity index (χ3n) is 3.23. The van der Waals surface area contributed by atoms with Gasteiger partial charge < -0.3 is 0 Å². The monoisotopic (exact) mass is 262 g/mol. The fourth-order valence-electron chi connectivity index (χ4n) is 2.14. The SMILES string of the molecule is Cc1cc(C(NN)c2cc(F)ccc2C)ccc1F. The predicted octanol–water partition coefficient (Wildman–Crippen LogP) is 3.13. The Balaban J connectivity index is 2.49. The van der Waals surface area contributed by atoms with Gasteiger partial charge in [0.1, 0.15) is 11.6 Å². The van der Waals surface area contributed by atoms with Gasteiger partial charge in [0, 0.05) is 0 Å². The normalized spacial score (nSPS) is 12.5. The number of hydrogen-bond donors (Lipinski definition) is 2. The molecule has 2 nitrogen and oxygen atoms in total. The van der Waals surface area contributed by atoms with Crippen molar-refractivity contribution in [2.75, 3.05) is 0 Å². The molecule has 1 unspecified atom stereocenters. The van der Waals surface area contributed by atoms with Gasteiger partial charge in [0.15, 0.2) is 0 Å². The summed E-state index contributed by atoms with van der Waals surface area (Å²) < 4.78 is 26.7. The fourth-order valence-corrected chi connectivity index (χ4v) is 2.14. The van der Waals surface area contributed by atoms with Crippen LogP contribution in [0.5, 0.6) is 0 Å². The number of aryl methyl sites for hydroxylation is 2. The van der Waals surface area contributed by atoms with Gasteiger partial charge in [-0.1, -0.05) is 18.2 Å². The summed E-state index contributed by atoms with van der Waals surface area (Å²) in [5.74, 6) is 4.99. The average Bonchev–Trinajstić information content (AvgIpc) is 2.38. The molecule has 1 atom stereocenters. The molecule has 0 radical (unpaired) electrons. The molecule has 3 N–H and O–H groups in total. The molecule has 2 rings (SSSR count). The van der Waals surface area contributed by atoms with Crippen molar-refractivity contribution in [2.24, 2.45) is 5.84 Å². The number of hydrazine groups is 1. The second kappa shape index (κ2) is 5.47. The van der Waals surface area contributed by atoms with E-state index in [1.165, 1.54) is 18.2 Å². The lowest BCUT2D eigenvalue weighted by Gasteiger charge is -2.19. The van der Waals surface area contributed by atoms with E-state index in [0.29, 0.717) is 5.56 Å². The molecule has 4 heteroatoms. The van der Waals surface area contributed by atoms with Crippen LogP contribution in [0.15, 0.2) is 36.4 Å². The van der Waals surface area contributed by atoms with Crippen molar-refractivity contribution in [3.8, 4) is 0 Å². The number of rotatable bonds is 3. The molecule has 0 bridgehead atoms. The van der Waals surface area contributed by atoms with Crippen LogP contribution < -0.4 is 11.3 Å². The maximum atomic E-state index is 13.4. The first kappa shape index (κ1) is 13.6. The van der Waals surface area contributed by atoms with Crippen LogP contribution in [-0.4, -0.2) is 0 Å². The molecule has 0 aromatic heterocycles. The molecule has 0 heterocycles. The summed E-state index contributed by atoms with van der Waals surface area (Å²) in [7, 11) is 0. The molecule has 2 aromatic carbocycles. The van der Waals surface area contributed by atoms with Crippen molar-refractivity contribution in [2.45, 2.75) is 19.9 Å². The maximum Gasteiger partial charge on any atom is 0.126 e. The molecule has 2 aromatic rings. The summed E-state index contributed by atoms with van der Waals surface area (Å²) in [5, 5.41) is 0. The van der Waals surface area contributed by atoms with Crippen molar-refractivity contribution in [1.82, 2.24) is 5.43 Å². The minimum Gasteiger partial charge on any atom is -0.271 e. The Hall–Kier alpha value is -1.78. The smallest absolute Gasteiger partial charge is 0.126 e. The van der Waals surface area contributed by atoms with E-state index >= 15 is 0 Å². The summed E-state index contributed by atoms with van der Waals surface area (Å²) in [6, 6.07) is 8.94. The van der Waals surface area contributed by atoms with Gasteiger partial charge in [-0.25, -0.2) is 14.2 Å². The molecular formula is C15H16F2N2. The summed E-state index contributed by atoms with van der Waals surface area (Å²) >= 11 is 0. The molecule has 0 spiro atoms. The predicted molar refractivity (Wildman–Crippen MR) is 71.4 cm³/mol. The van der Waals surface area contributed by atoms with Gasteiger partial charge in [-0.05, 0) is 54.3 Å². The van der Waals surface area contributed by atoms with Gasteiger partial charge in [-0.3, -0.25) is 5.84 Å². The lowest BCUT2D eigenvalue weighted by atomic mass is 9.94. The first-order valence-corrected chi connectivity index (χ1v) is 6.01. The number of nitrogens with one attached hydrogen (secondary N) is 1. The zero-order chi connectivity index (χ0) is 14.0. The van der Waals surface area contributed by atoms with Crippen molar-refractivity contribution in [3.63, 3.8) is 0 Å². The zero-order valence-corrected chi connectivity index (χ0v) is 10.9. The highest BCUT2D eigenvalue weighted by Crippen LogP contribution is 2.26. The largest absolute Gasteiger partial charge is 0.271 e. The molecule has 0 aliphatic rings. The molecule has 0 aliphatic carbocycles. The van der Waals surface area contributed by atoms with Gasteiger partial charge in [-0.2, -0.15) is 0 Å². The van der Waals surface area contributed by atoms with E-state index in [1.807, 2.05) is 6.92 Å². The topological polar surface area (TPSA) is 38.0 Å². The Bertz CT molecular complexity index is 597. The van der Waals surface area contributed by atoms with Crippen LogP contribution in [0.2, 0.25) is 0 Å². The van der Waals surface area contributed by atoms with Crippen LogP contribution >= 0.6 is 0 Å². The number of benzene rings is 2. The number of nitrogens with two attached hydrogens (primary N) is 1. The minimum atomic E-state index is -0.366. The third-order valence-corrected chi connectivity index (χ3v) is 3.23. The molecule has 0 saturated carbocycles. The van der Waals surface area contributed by atoms with Crippen LogP contribution in [0.25, 0.3) is 0 Å². The highest BCUT2D eigenvalue weighted by molar-refractivity contribution is 5.38. The van der Waals surface area contributed by atoms with Crippen LogP contribution in [0.1, 0.15) is 28.3 Å². The van der Waals surface area contributed by atoms with Crippen LogP contribution in [0.3, 0.4) is 0 Å². The Morgan fingerprint density at radius 1 is 1.00 bits per heavy atom. The van der Waals surface area contributed by atoms with E-state index in [1.54, 1.807) is 25.1 Å². The van der Waals surface area contributed by atoms with E-state index in [2.05, 4.69) is 5.43 Å². The van der Waals surface area contributed by atoms with Gasteiger partial charge >= 0.3 is 0 Å². The third kappa shape index (κ3) is 2.80. The van der Waals surface area contributed by atoms with Gasteiger partial charge in [-0.15, -0.1) is 0 Å². The maximum absolute atomic E-state index is 13.4. The standard InChI is InChI=1S/C15H16F2N2/c1-9-3-5-12(16)8-13(9)15(19-18)11-4-6-14(17)10(2)7-11/h3-8,15,19H,18H2,1-2H3. The van der Waals surface area contributed by atoms with Gasteiger partial charge in [0.2, 0.25) is 0 Å². The molecule has 100 valence electrons. The van der Waals surface area contributed by atoms with Crippen molar-refractivity contribution in [1.29, 1.82) is 0 Å². The minimum absolute atomic E-state index is 0.268. The lowest BCUT2D eigenvalue weighted by Crippen LogP contribution is -2.29. The molecule has 0 saturated heterocycles. The summed E-state index contributed by atoms with van der Waals surface area (Å²) in [6.45, 7) is 3.57. The van der Waals surface area contributed by atoms with E-state index < -0.39 is 0 Å². The first-order chi connectivity index (χ1) is 9.02. The number of halogens is 2. The van der Waals surface area contributed by atoms with Crippen molar-refractivity contribution >= 4 is 0 Å². The fraction of sp³-hybridized carbons (Fsp3) is 0.200. The van der Waals surface area contributed by atoms with Gasteiger partial charge in [0.05, 0.1) is 6.04 Å². The van der Waals surface area contributed by atoms with E-state index in [-0.39, 0.29) is 17.7 Å². The second-order valence-corrected chi connectivity index (χ2v) is 4.61. The van der Waals surface area contributed by atoms with E-state index in [9.17, 15) is 8.78 Å². The Labute approximate surface area is 111 Å². The molecule has 0 aliphatic heterocycles. The lowest BCUT2D eigenvalue weighted by molar-refractivity contribution is 0.596. The van der Waals surface area contributed by atoms with E-state index in [0.717, 1.165) is 16.7 Å². The highest BCUT2D eigenvalue weighted by Gasteiger charge is 2.16. The number of hydrogen-bond acceptors (Lipinski definition) is 2. The van der Waals surface area contributed by atoms with Crippen LogP contribution in [0, 0.1) is 25.5 Å². The van der Waals surface area contributed by atoms with E-state index in [4.69, 9.17) is 5.84 Å². The zero-order valence-electron chi connectivity index (χ0n) is 10.9. The summed E-state index contributed by atoms with van der Waals surface area (Å²) in [5.41, 5.74) is 5.66. The van der Waals surface area contributed by atoms with Gasteiger partial charge in [0.25, 0.3) is 0 Å². The van der Waals surface area contributed by atoms with Crippen molar-refractivity contribution in [3.05, 3.63) is 70.3 Å². The first-order valence-electron chi connectivity index (χ1n) is 6.01. The van der Waals surface area contributed by atoms with Crippen molar-refractivity contribution < 1.29 is 8.78 Å². The molecule has 19 heavy (non-hydrogen) atoms. The quantitative estimate of drug-likeness (QED) is 0.658. The second-order valence-electron chi connectivity index (χ2n) is 4.61.